The van der Waals surface area contributed by atoms with E-state index in [1.165, 1.54) is 6.42 Å². The van der Waals surface area contributed by atoms with E-state index in [0.29, 0.717) is 48.8 Å². The van der Waals surface area contributed by atoms with Gasteiger partial charge in [0.1, 0.15) is 6.04 Å². The molecule has 214 valence electrons. The van der Waals surface area contributed by atoms with E-state index in [1.54, 1.807) is 9.24 Å². The van der Waals surface area contributed by atoms with Gasteiger partial charge in [0, 0.05) is 48.7 Å². The van der Waals surface area contributed by atoms with Crippen LogP contribution >= 0.6 is 9.24 Å². The minimum atomic E-state index is -3.04. The van der Waals surface area contributed by atoms with E-state index in [-0.39, 0.29) is 18.1 Å². The average molecular weight is 545 g/mol. The van der Waals surface area contributed by atoms with Gasteiger partial charge in [-0.2, -0.15) is 0 Å². The first-order chi connectivity index (χ1) is 17.5. The van der Waals surface area contributed by atoms with Gasteiger partial charge in [0.25, 0.3) is 5.66 Å². The van der Waals surface area contributed by atoms with Crippen molar-refractivity contribution in [2.24, 2.45) is 23.7 Å². The van der Waals surface area contributed by atoms with Gasteiger partial charge in [0.15, 0.2) is 0 Å². The smallest absolute Gasteiger partial charge is 0.276 e. The van der Waals surface area contributed by atoms with Crippen molar-refractivity contribution in [2.75, 3.05) is 13.1 Å². The molecular weight excluding hydrogens is 493 g/mol. The monoisotopic (exact) mass is 544 g/mol. The van der Waals surface area contributed by atoms with Crippen molar-refractivity contribution in [3.05, 3.63) is 12.3 Å². The molecule has 0 aromatic rings. The molecule has 1 saturated carbocycles. The molecular formula is C28H51F2N4O2P. The van der Waals surface area contributed by atoms with Gasteiger partial charge in [-0.1, -0.05) is 49.9 Å². The number of nitrogens with one attached hydrogen (secondary N) is 2. The van der Waals surface area contributed by atoms with Crippen LogP contribution in [0.4, 0.5) is 8.78 Å². The minimum absolute atomic E-state index is 0.0626. The van der Waals surface area contributed by atoms with Crippen molar-refractivity contribution in [3.63, 3.8) is 0 Å². The number of alkyl halides is 2. The summed E-state index contributed by atoms with van der Waals surface area (Å²) < 4.78 is 27.8. The van der Waals surface area contributed by atoms with E-state index >= 15 is 0 Å². The van der Waals surface area contributed by atoms with Crippen molar-refractivity contribution in [1.29, 1.82) is 0 Å². The molecule has 6 nitrogen and oxygen atoms in total. The number of aliphatic hydroxyl groups excluding tert-OH is 2. The van der Waals surface area contributed by atoms with Gasteiger partial charge >= 0.3 is 0 Å². The van der Waals surface area contributed by atoms with Crippen molar-refractivity contribution in [1.82, 2.24) is 20.7 Å². The molecule has 0 bridgehead atoms. The van der Waals surface area contributed by atoms with Crippen molar-refractivity contribution in [3.8, 4) is 0 Å². The summed E-state index contributed by atoms with van der Waals surface area (Å²) in [4.78, 5) is 2.43. The zero-order chi connectivity index (χ0) is 27.1. The highest BCUT2D eigenvalue weighted by molar-refractivity contribution is 7.18. The molecule has 4 aliphatic rings. The summed E-state index contributed by atoms with van der Waals surface area (Å²) in [6.45, 7) is 14.7. The number of hydrogen-bond donors (Lipinski definition) is 4. The number of hydrogen-bond acceptors (Lipinski definition) is 6. The maximum Gasteiger partial charge on any atom is 0.276 e. The molecule has 4 fully saturated rings. The first-order valence-electron chi connectivity index (χ1n) is 14.7. The Morgan fingerprint density at radius 1 is 1.11 bits per heavy atom. The van der Waals surface area contributed by atoms with Gasteiger partial charge in [0.2, 0.25) is 0 Å². The van der Waals surface area contributed by atoms with Gasteiger partial charge in [-0.25, -0.2) is 13.8 Å². The number of hydrazine groups is 1. The molecule has 0 spiro atoms. The maximum absolute atomic E-state index is 13.9. The van der Waals surface area contributed by atoms with Crippen LogP contribution in [-0.2, 0) is 0 Å². The molecule has 3 heterocycles. The highest BCUT2D eigenvalue weighted by Crippen LogP contribution is 2.44. The summed E-state index contributed by atoms with van der Waals surface area (Å²) in [5.41, 5.74) is 1.82. The molecule has 1 aliphatic carbocycles. The standard InChI is InChI=1S/C28H51F2N4O2P/c1-6-8-20-26-21(7-2)33(17(5)19-14-25(36)27(31-15-19)28(29,30)37)12-11-23(26)34(32-20)22-10-9-18(16(3)4)13-24(22)35/h16,18-27,31-32,35-36H,5-15,37H2,1-4H3. The van der Waals surface area contributed by atoms with E-state index in [9.17, 15) is 19.0 Å². The molecule has 0 radical (unpaired) electrons. The predicted octanol–water partition coefficient (Wildman–Crippen LogP) is 3.95. The third-order valence-electron chi connectivity index (χ3n) is 9.98. The lowest BCUT2D eigenvalue weighted by Crippen LogP contribution is -2.59. The van der Waals surface area contributed by atoms with Crippen LogP contribution in [0.2, 0.25) is 0 Å². The van der Waals surface area contributed by atoms with Gasteiger partial charge in [0.05, 0.1) is 18.2 Å². The number of likely N-dealkylation sites (tertiary alicyclic amines) is 1. The van der Waals surface area contributed by atoms with Gasteiger partial charge in [-0.15, -0.1) is 0 Å². The molecule has 4 N–H and O–H groups in total. The number of rotatable bonds is 8. The summed E-state index contributed by atoms with van der Waals surface area (Å²) in [6, 6.07) is -0.0767. The van der Waals surface area contributed by atoms with Crippen LogP contribution in [-0.4, -0.2) is 81.3 Å². The van der Waals surface area contributed by atoms with Crippen LogP contribution in [0.15, 0.2) is 12.3 Å². The Balaban J connectivity index is 1.49. The Hall–Kier alpha value is -0.370. The summed E-state index contributed by atoms with van der Waals surface area (Å²) in [7, 11) is 1.56. The van der Waals surface area contributed by atoms with Crippen LogP contribution in [0, 0.1) is 23.7 Å². The number of piperidine rings is 2. The van der Waals surface area contributed by atoms with Crippen LogP contribution < -0.4 is 10.7 Å². The largest absolute Gasteiger partial charge is 0.391 e. The number of halogens is 2. The van der Waals surface area contributed by atoms with Crippen LogP contribution in [0.5, 0.6) is 0 Å². The topological polar surface area (TPSA) is 71.0 Å². The quantitative estimate of drug-likeness (QED) is 0.347. The first kappa shape index (κ1) is 29.6. The van der Waals surface area contributed by atoms with E-state index in [2.05, 4.69) is 54.9 Å². The summed E-state index contributed by atoms with van der Waals surface area (Å²) in [5.74, 6) is 1.55. The number of nitrogens with zero attached hydrogens (tertiary/aromatic N) is 2. The van der Waals surface area contributed by atoms with Gasteiger partial charge in [-0.3, -0.25) is 5.43 Å². The second-order valence-electron chi connectivity index (χ2n) is 12.5. The minimum Gasteiger partial charge on any atom is -0.391 e. The molecule has 0 aromatic heterocycles. The average Bonchev–Trinajstić information content (AvgIpc) is 3.20. The number of fused-ring (bicyclic) bond motifs is 1. The molecule has 9 heteroatoms. The fourth-order valence-electron chi connectivity index (χ4n) is 7.98. The van der Waals surface area contributed by atoms with Gasteiger partial charge < -0.3 is 20.4 Å². The van der Waals surface area contributed by atoms with E-state index < -0.39 is 17.8 Å². The molecule has 3 saturated heterocycles. The lowest BCUT2D eigenvalue weighted by atomic mass is 9.75. The van der Waals surface area contributed by atoms with E-state index in [1.807, 2.05) is 0 Å². The normalized spacial score (nSPS) is 41.7. The zero-order valence-corrected chi connectivity index (χ0v) is 24.4. The van der Waals surface area contributed by atoms with Crippen LogP contribution in [0.1, 0.15) is 79.1 Å². The second-order valence-corrected chi connectivity index (χ2v) is 13.3. The molecule has 0 aromatic carbocycles. The molecule has 4 rings (SSSR count). The Labute approximate surface area is 225 Å². The number of aliphatic hydroxyl groups is 2. The highest BCUT2D eigenvalue weighted by atomic mass is 31.0. The third kappa shape index (κ3) is 6.05. The van der Waals surface area contributed by atoms with E-state index in [4.69, 9.17) is 0 Å². The third-order valence-corrected chi connectivity index (χ3v) is 10.3. The Morgan fingerprint density at radius 3 is 2.41 bits per heavy atom. The SMILES string of the molecule is C=C(C1CNC(C(F)(F)P)C(O)C1)N1CCC2C(C(CCC)NN2C2CCC(C(C)C)CC2O)C1CC. The van der Waals surface area contributed by atoms with Crippen LogP contribution in [0.3, 0.4) is 0 Å². The predicted molar refractivity (Wildman–Crippen MR) is 148 cm³/mol. The lowest BCUT2D eigenvalue weighted by molar-refractivity contribution is -0.0497. The molecule has 11 unspecified atom stereocenters. The maximum atomic E-state index is 13.9. The summed E-state index contributed by atoms with van der Waals surface area (Å²) in [5, 5.41) is 27.1. The lowest BCUT2D eigenvalue weighted by Gasteiger charge is -2.50. The molecule has 0 amide bonds. The Morgan fingerprint density at radius 2 is 1.84 bits per heavy atom. The Kier molecular flexibility index (Phi) is 9.62. The highest BCUT2D eigenvalue weighted by Gasteiger charge is 2.53. The zero-order valence-electron chi connectivity index (χ0n) is 23.3. The second kappa shape index (κ2) is 12.0. The summed E-state index contributed by atoms with van der Waals surface area (Å²) >= 11 is 0. The first-order valence-corrected chi connectivity index (χ1v) is 15.3. The van der Waals surface area contributed by atoms with E-state index in [0.717, 1.165) is 50.8 Å². The Bertz CT molecular complexity index is 784. The van der Waals surface area contributed by atoms with Crippen molar-refractivity contribution >= 4 is 9.24 Å². The van der Waals surface area contributed by atoms with Crippen molar-refractivity contribution in [2.45, 2.75) is 127 Å². The summed E-state index contributed by atoms with van der Waals surface area (Å²) in [6.07, 6.45) is 6.10. The molecule has 37 heavy (non-hydrogen) atoms. The van der Waals surface area contributed by atoms with Crippen molar-refractivity contribution < 1.29 is 19.0 Å². The molecule has 3 aliphatic heterocycles. The van der Waals surface area contributed by atoms with Gasteiger partial charge in [-0.05, 0) is 56.8 Å². The fraction of sp³-hybridized carbons (Fsp3) is 0.929. The fourth-order valence-corrected chi connectivity index (χ4v) is 8.32. The van der Waals surface area contributed by atoms with Crippen LogP contribution in [0.25, 0.3) is 0 Å². The molecule has 11 atom stereocenters.